The molecule has 37 heavy (non-hydrogen) atoms. The van der Waals surface area contributed by atoms with Gasteiger partial charge >= 0.3 is 0 Å². The summed E-state index contributed by atoms with van der Waals surface area (Å²) < 4.78 is 75.2. The van der Waals surface area contributed by atoms with Crippen molar-refractivity contribution in [2.75, 3.05) is 34.8 Å². The molecule has 7 nitrogen and oxygen atoms in total. The quantitative estimate of drug-likeness (QED) is 0.592. The summed E-state index contributed by atoms with van der Waals surface area (Å²) >= 11 is 0. The first-order valence-electron chi connectivity index (χ1n) is 12.0. The molecule has 2 heterocycles. The number of halogens is 2. The van der Waals surface area contributed by atoms with Gasteiger partial charge in [-0.05, 0) is 35.4 Å². The molecule has 0 aliphatic carbocycles. The second-order valence-corrected chi connectivity index (χ2v) is 15.2. The highest BCUT2D eigenvalue weighted by Crippen LogP contribution is 2.43. The Morgan fingerprint density at radius 3 is 1.84 bits per heavy atom. The Labute approximate surface area is 218 Å². The van der Waals surface area contributed by atoms with E-state index < -0.39 is 36.7 Å². The van der Waals surface area contributed by atoms with E-state index in [0.717, 1.165) is 11.3 Å². The van der Waals surface area contributed by atoms with E-state index in [4.69, 9.17) is 0 Å². The Hall–Kier alpha value is -2.53. The highest BCUT2D eigenvalue weighted by molar-refractivity contribution is 7.91. The van der Waals surface area contributed by atoms with Gasteiger partial charge < -0.3 is 10.2 Å². The molecule has 0 atom stereocenters. The SMILES string of the molecule is CCS(=O)(=O)c1cc2c(cc1F)C(C)(C)CN2.CCS(=O)(=O)c1cc2c(cc1F)C(C)(C)CN2C(C)=O. The van der Waals surface area contributed by atoms with Gasteiger partial charge in [0.2, 0.25) is 5.91 Å². The van der Waals surface area contributed by atoms with Crippen LogP contribution >= 0.6 is 0 Å². The lowest BCUT2D eigenvalue weighted by Gasteiger charge is -2.19. The molecular formula is C26H34F2N2O5S2. The molecule has 1 N–H and O–H groups in total. The minimum Gasteiger partial charge on any atom is -0.384 e. The second kappa shape index (κ2) is 9.65. The van der Waals surface area contributed by atoms with Gasteiger partial charge in [0.1, 0.15) is 21.4 Å². The Bertz CT molecular complexity index is 1470. The summed E-state index contributed by atoms with van der Waals surface area (Å²) in [4.78, 5) is 12.7. The Kier molecular flexibility index (Phi) is 7.57. The van der Waals surface area contributed by atoms with Gasteiger partial charge in [0.15, 0.2) is 19.7 Å². The number of hydrogen-bond acceptors (Lipinski definition) is 6. The van der Waals surface area contributed by atoms with Crippen molar-refractivity contribution in [3.05, 3.63) is 47.0 Å². The van der Waals surface area contributed by atoms with Gasteiger partial charge in [-0.3, -0.25) is 4.79 Å². The van der Waals surface area contributed by atoms with Crippen LogP contribution in [0, 0.1) is 11.6 Å². The van der Waals surface area contributed by atoms with Crippen LogP contribution in [0.5, 0.6) is 0 Å². The highest BCUT2D eigenvalue weighted by Gasteiger charge is 2.39. The van der Waals surface area contributed by atoms with Crippen LogP contribution in [0.3, 0.4) is 0 Å². The number of hydrogen-bond donors (Lipinski definition) is 1. The number of nitrogens with zero attached hydrogens (tertiary/aromatic N) is 1. The smallest absolute Gasteiger partial charge is 0.223 e. The van der Waals surface area contributed by atoms with Gasteiger partial charge in [-0.15, -0.1) is 0 Å². The zero-order valence-corrected chi connectivity index (χ0v) is 23.8. The van der Waals surface area contributed by atoms with Crippen LogP contribution in [0.1, 0.15) is 59.6 Å². The van der Waals surface area contributed by atoms with Gasteiger partial charge in [-0.2, -0.15) is 0 Å². The molecule has 0 bridgehead atoms. The molecule has 1 amide bonds. The fourth-order valence-corrected chi connectivity index (χ4v) is 6.54. The molecule has 4 rings (SSSR count). The second-order valence-electron chi connectivity index (χ2n) is 10.7. The van der Waals surface area contributed by atoms with E-state index in [0.29, 0.717) is 24.3 Å². The standard InChI is InChI=1S/C14H18FNO3S.C12H16FNO2S/c1-5-20(18,19)13-7-12-10(6-11(13)15)14(3,4)8-16(12)9(2)17;1-4-17(15,16)11-6-10-8(5-9(11)13)12(2,3)7-14-10/h6-7H,5,8H2,1-4H3;5-6,14H,4,7H2,1-3H3. The fourth-order valence-electron chi connectivity index (χ4n) is 4.61. The van der Waals surface area contributed by atoms with Crippen LogP contribution in [0.25, 0.3) is 0 Å². The molecule has 0 saturated heterocycles. The molecule has 11 heteroatoms. The van der Waals surface area contributed by atoms with E-state index in [1.54, 1.807) is 0 Å². The van der Waals surface area contributed by atoms with Gasteiger partial charge in [-0.1, -0.05) is 41.5 Å². The molecule has 2 aromatic rings. The monoisotopic (exact) mass is 556 g/mol. The summed E-state index contributed by atoms with van der Waals surface area (Å²) in [5.41, 5.74) is 2.17. The maximum Gasteiger partial charge on any atom is 0.223 e. The molecule has 0 spiro atoms. The first-order valence-corrected chi connectivity index (χ1v) is 15.3. The average molecular weight is 557 g/mol. The largest absolute Gasteiger partial charge is 0.384 e. The summed E-state index contributed by atoms with van der Waals surface area (Å²) in [5, 5.41) is 3.12. The molecule has 204 valence electrons. The number of sulfone groups is 2. The molecule has 0 fully saturated rings. The van der Waals surface area contributed by atoms with E-state index in [1.807, 2.05) is 27.7 Å². The van der Waals surface area contributed by atoms with Crippen molar-refractivity contribution in [1.82, 2.24) is 0 Å². The van der Waals surface area contributed by atoms with Crippen molar-refractivity contribution in [3.63, 3.8) is 0 Å². The maximum absolute atomic E-state index is 14.1. The van der Waals surface area contributed by atoms with Gasteiger partial charge in [0, 0.05) is 42.2 Å². The predicted molar refractivity (Wildman–Crippen MR) is 141 cm³/mol. The molecular weight excluding hydrogens is 522 g/mol. The van der Waals surface area contributed by atoms with Crippen molar-refractivity contribution >= 4 is 37.0 Å². The number of fused-ring (bicyclic) bond motifs is 2. The molecule has 0 unspecified atom stereocenters. The highest BCUT2D eigenvalue weighted by atomic mass is 32.2. The van der Waals surface area contributed by atoms with Crippen molar-refractivity contribution < 1.29 is 30.4 Å². The molecule has 2 aromatic carbocycles. The Balaban J connectivity index is 0.000000208. The molecule has 0 radical (unpaired) electrons. The van der Waals surface area contributed by atoms with Crippen LogP contribution in [-0.4, -0.2) is 47.3 Å². The third-order valence-electron chi connectivity index (χ3n) is 6.96. The third kappa shape index (κ3) is 5.38. The van der Waals surface area contributed by atoms with E-state index in [9.17, 15) is 30.4 Å². The van der Waals surface area contributed by atoms with Crippen LogP contribution in [0.2, 0.25) is 0 Å². The first-order chi connectivity index (χ1) is 16.9. The predicted octanol–water partition coefficient (Wildman–Crippen LogP) is 4.59. The fraction of sp³-hybridized carbons (Fsp3) is 0.500. The zero-order chi connectivity index (χ0) is 28.1. The van der Waals surface area contributed by atoms with Gasteiger partial charge in [0.25, 0.3) is 0 Å². The lowest BCUT2D eigenvalue weighted by atomic mass is 9.87. The third-order valence-corrected chi connectivity index (χ3v) is 10.4. The number of anilines is 2. The maximum atomic E-state index is 14.1. The molecule has 2 aliphatic rings. The van der Waals surface area contributed by atoms with Crippen molar-refractivity contribution in [1.29, 1.82) is 0 Å². The van der Waals surface area contributed by atoms with E-state index in [2.05, 4.69) is 5.32 Å². The Morgan fingerprint density at radius 1 is 0.865 bits per heavy atom. The van der Waals surface area contributed by atoms with E-state index >= 15 is 0 Å². The number of nitrogens with one attached hydrogen (secondary N) is 1. The summed E-state index contributed by atoms with van der Waals surface area (Å²) in [6.45, 7) is 13.3. The van der Waals surface area contributed by atoms with Crippen LogP contribution in [-0.2, 0) is 35.3 Å². The Morgan fingerprint density at radius 2 is 1.35 bits per heavy atom. The number of rotatable bonds is 4. The number of carbonyl (C=O) groups excluding carboxylic acids is 1. The van der Waals surface area contributed by atoms with Crippen molar-refractivity contribution in [2.45, 2.75) is 69.1 Å². The normalized spacial score (nSPS) is 17.4. The van der Waals surface area contributed by atoms with Crippen molar-refractivity contribution in [2.24, 2.45) is 0 Å². The number of carbonyl (C=O) groups is 1. The van der Waals surface area contributed by atoms with Crippen LogP contribution in [0.4, 0.5) is 20.2 Å². The summed E-state index contributed by atoms with van der Waals surface area (Å²) in [6.07, 6.45) is 0. The topological polar surface area (TPSA) is 101 Å². The minimum absolute atomic E-state index is 0.0912. The summed E-state index contributed by atoms with van der Waals surface area (Å²) in [6, 6.07) is 5.30. The molecule has 0 saturated carbocycles. The van der Waals surface area contributed by atoms with Crippen molar-refractivity contribution in [3.8, 4) is 0 Å². The first kappa shape index (κ1) is 29.0. The summed E-state index contributed by atoms with van der Waals surface area (Å²) in [7, 11) is -7.15. The minimum atomic E-state index is -3.65. The average Bonchev–Trinajstić information content (AvgIpc) is 3.25. The van der Waals surface area contributed by atoms with E-state index in [-0.39, 0.29) is 32.6 Å². The van der Waals surface area contributed by atoms with E-state index in [1.165, 1.54) is 49.9 Å². The number of amides is 1. The number of benzene rings is 2. The van der Waals surface area contributed by atoms with Gasteiger partial charge in [0.05, 0.1) is 11.5 Å². The molecule has 2 aliphatic heterocycles. The lowest BCUT2D eigenvalue weighted by Crippen LogP contribution is -2.32. The molecule has 0 aromatic heterocycles. The lowest BCUT2D eigenvalue weighted by molar-refractivity contribution is -0.116. The van der Waals surface area contributed by atoms with Crippen LogP contribution in [0.15, 0.2) is 34.1 Å². The zero-order valence-electron chi connectivity index (χ0n) is 22.2. The van der Waals surface area contributed by atoms with Gasteiger partial charge in [-0.25, -0.2) is 25.6 Å². The van der Waals surface area contributed by atoms with Crippen LogP contribution < -0.4 is 10.2 Å². The summed E-state index contributed by atoms with van der Waals surface area (Å²) in [5.74, 6) is -1.84.